The van der Waals surface area contributed by atoms with Crippen LogP contribution in [0.25, 0.3) is 0 Å². The molecule has 0 unspecified atom stereocenters. The Balaban J connectivity index is 1.81. The minimum atomic E-state index is 0.527. The van der Waals surface area contributed by atoms with E-state index in [0.29, 0.717) is 18.5 Å². The van der Waals surface area contributed by atoms with E-state index in [4.69, 9.17) is 10.5 Å². The summed E-state index contributed by atoms with van der Waals surface area (Å²) in [4.78, 5) is 11.2. The number of nitrogen functional groups attached to an aromatic ring is 1. The van der Waals surface area contributed by atoms with Gasteiger partial charge in [0.05, 0.1) is 6.61 Å². The maximum absolute atomic E-state index is 5.74. The fraction of sp³-hybridized carbons (Fsp3) is 0.375. The number of benzene rings is 1. The Morgan fingerprint density at radius 2 is 2.00 bits per heavy atom. The molecule has 1 aromatic heterocycles. The van der Waals surface area contributed by atoms with Crippen LogP contribution in [-0.4, -0.2) is 22.6 Å². The van der Waals surface area contributed by atoms with Gasteiger partial charge < -0.3 is 15.4 Å². The Labute approximate surface area is 124 Å². The maximum atomic E-state index is 5.74. The van der Waals surface area contributed by atoms with Crippen molar-refractivity contribution in [2.75, 3.05) is 17.2 Å². The van der Waals surface area contributed by atoms with E-state index in [2.05, 4.69) is 27.0 Å². The lowest BCUT2D eigenvalue weighted by molar-refractivity contribution is 0.326. The summed E-state index contributed by atoms with van der Waals surface area (Å²) in [5.74, 6) is 1.37. The van der Waals surface area contributed by atoms with Crippen molar-refractivity contribution < 1.29 is 4.74 Å². The molecule has 110 valence electrons. The van der Waals surface area contributed by atoms with E-state index in [9.17, 15) is 0 Å². The second-order valence-corrected chi connectivity index (χ2v) is 5.23. The fourth-order valence-corrected chi connectivity index (χ4v) is 2.27. The molecule has 0 saturated heterocycles. The van der Waals surface area contributed by atoms with Crippen LogP contribution in [0.15, 0.2) is 36.5 Å². The largest absolute Gasteiger partial charge is 0.478 e. The normalized spacial score (nSPS) is 14.0. The van der Waals surface area contributed by atoms with Crippen LogP contribution in [0.3, 0.4) is 0 Å². The minimum absolute atomic E-state index is 0.527. The summed E-state index contributed by atoms with van der Waals surface area (Å²) in [6, 6.07) is 10.3. The highest BCUT2D eigenvalue weighted by Gasteiger charge is 2.31. The molecule has 0 aliphatic heterocycles. The van der Waals surface area contributed by atoms with Gasteiger partial charge in [-0.15, -0.1) is 0 Å². The third-order valence-corrected chi connectivity index (χ3v) is 3.49. The number of anilines is 2. The van der Waals surface area contributed by atoms with Crippen molar-refractivity contribution in [1.82, 2.24) is 9.97 Å². The van der Waals surface area contributed by atoms with Crippen LogP contribution in [0.2, 0.25) is 0 Å². The first-order valence-corrected chi connectivity index (χ1v) is 7.33. The minimum Gasteiger partial charge on any atom is -0.478 e. The summed E-state index contributed by atoms with van der Waals surface area (Å²) in [6.45, 7) is 3.35. The molecule has 5 nitrogen and oxygen atoms in total. The predicted octanol–water partition coefficient (Wildman–Crippen LogP) is 2.63. The van der Waals surface area contributed by atoms with Crippen molar-refractivity contribution in [1.29, 1.82) is 0 Å². The molecule has 2 aromatic rings. The quantitative estimate of drug-likeness (QED) is 0.826. The van der Waals surface area contributed by atoms with Gasteiger partial charge in [-0.1, -0.05) is 12.1 Å². The maximum Gasteiger partial charge on any atom is 0.229 e. The van der Waals surface area contributed by atoms with Gasteiger partial charge >= 0.3 is 0 Å². The number of aromatic nitrogens is 2. The molecule has 1 saturated carbocycles. The SMILES string of the molecule is CCOc1ccnc(N(Cc2ccc(N)cc2)C2CC2)n1. The van der Waals surface area contributed by atoms with Crippen LogP contribution >= 0.6 is 0 Å². The number of hydrogen-bond donors (Lipinski definition) is 1. The lowest BCUT2D eigenvalue weighted by Crippen LogP contribution is -2.27. The van der Waals surface area contributed by atoms with Crippen LogP contribution in [0.5, 0.6) is 5.88 Å². The van der Waals surface area contributed by atoms with Crippen molar-refractivity contribution in [3.8, 4) is 5.88 Å². The zero-order chi connectivity index (χ0) is 14.7. The molecule has 21 heavy (non-hydrogen) atoms. The van der Waals surface area contributed by atoms with E-state index >= 15 is 0 Å². The first kappa shape index (κ1) is 13.7. The molecule has 1 aliphatic carbocycles. The topological polar surface area (TPSA) is 64.3 Å². The number of nitrogens with two attached hydrogens (primary N) is 1. The van der Waals surface area contributed by atoms with Gasteiger partial charge in [0, 0.05) is 30.5 Å². The first-order valence-electron chi connectivity index (χ1n) is 7.33. The van der Waals surface area contributed by atoms with E-state index < -0.39 is 0 Å². The van der Waals surface area contributed by atoms with Gasteiger partial charge in [0.2, 0.25) is 11.8 Å². The van der Waals surface area contributed by atoms with Gasteiger partial charge in [-0.3, -0.25) is 0 Å². The third kappa shape index (κ3) is 3.42. The molecule has 1 aromatic carbocycles. The van der Waals surface area contributed by atoms with Crippen LogP contribution in [0, 0.1) is 0 Å². The molecular weight excluding hydrogens is 264 g/mol. The summed E-state index contributed by atoms with van der Waals surface area (Å²) < 4.78 is 5.47. The van der Waals surface area contributed by atoms with Crippen molar-refractivity contribution in [2.24, 2.45) is 0 Å². The Morgan fingerprint density at radius 3 is 2.67 bits per heavy atom. The second kappa shape index (κ2) is 5.99. The van der Waals surface area contributed by atoms with Crippen LogP contribution < -0.4 is 15.4 Å². The number of ether oxygens (including phenoxy) is 1. The number of rotatable bonds is 6. The zero-order valence-electron chi connectivity index (χ0n) is 12.2. The summed E-state index contributed by atoms with van der Waals surface area (Å²) in [7, 11) is 0. The lowest BCUT2D eigenvalue weighted by atomic mass is 10.2. The molecule has 0 amide bonds. The van der Waals surface area contributed by atoms with E-state index in [1.54, 1.807) is 12.3 Å². The van der Waals surface area contributed by atoms with Crippen LogP contribution in [0.4, 0.5) is 11.6 Å². The lowest BCUT2D eigenvalue weighted by Gasteiger charge is -2.22. The Morgan fingerprint density at radius 1 is 1.24 bits per heavy atom. The Kier molecular flexibility index (Phi) is 3.90. The van der Waals surface area contributed by atoms with E-state index in [0.717, 1.165) is 18.2 Å². The molecule has 0 radical (unpaired) electrons. The monoisotopic (exact) mass is 284 g/mol. The fourth-order valence-electron chi connectivity index (χ4n) is 2.27. The zero-order valence-corrected chi connectivity index (χ0v) is 12.2. The molecule has 0 bridgehead atoms. The summed E-state index contributed by atoms with van der Waals surface area (Å²) >= 11 is 0. The molecule has 5 heteroatoms. The van der Waals surface area contributed by atoms with E-state index in [1.165, 1.54) is 18.4 Å². The molecule has 1 fully saturated rings. The van der Waals surface area contributed by atoms with Gasteiger partial charge in [0.25, 0.3) is 0 Å². The average molecular weight is 284 g/mol. The highest BCUT2D eigenvalue weighted by atomic mass is 16.5. The van der Waals surface area contributed by atoms with Crippen molar-refractivity contribution >= 4 is 11.6 Å². The molecule has 2 N–H and O–H groups in total. The third-order valence-electron chi connectivity index (χ3n) is 3.49. The van der Waals surface area contributed by atoms with Crippen molar-refractivity contribution in [2.45, 2.75) is 32.4 Å². The number of hydrogen-bond acceptors (Lipinski definition) is 5. The van der Waals surface area contributed by atoms with Gasteiger partial charge in [0.1, 0.15) is 0 Å². The van der Waals surface area contributed by atoms with Gasteiger partial charge in [0.15, 0.2) is 0 Å². The molecule has 0 atom stereocenters. The van der Waals surface area contributed by atoms with Crippen LogP contribution in [-0.2, 0) is 6.54 Å². The van der Waals surface area contributed by atoms with Crippen molar-refractivity contribution in [3.05, 3.63) is 42.1 Å². The van der Waals surface area contributed by atoms with E-state index in [1.807, 2.05) is 19.1 Å². The van der Waals surface area contributed by atoms with Gasteiger partial charge in [-0.05, 0) is 37.5 Å². The smallest absolute Gasteiger partial charge is 0.229 e. The highest BCUT2D eigenvalue weighted by Crippen LogP contribution is 2.31. The van der Waals surface area contributed by atoms with Crippen molar-refractivity contribution in [3.63, 3.8) is 0 Å². The molecule has 3 rings (SSSR count). The summed E-state index contributed by atoms with van der Waals surface area (Å²) in [6.07, 6.45) is 4.14. The predicted molar refractivity (Wildman–Crippen MR) is 83.3 cm³/mol. The summed E-state index contributed by atoms with van der Waals surface area (Å²) in [5.41, 5.74) is 7.73. The molecule has 1 heterocycles. The van der Waals surface area contributed by atoms with E-state index in [-0.39, 0.29) is 0 Å². The average Bonchev–Trinajstić information content (AvgIpc) is 3.32. The Hall–Kier alpha value is -2.30. The number of nitrogens with zero attached hydrogens (tertiary/aromatic N) is 3. The standard InChI is InChI=1S/C16H20N4O/c1-2-21-15-9-10-18-16(19-15)20(14-7-8-14)11-12-3-5-13(17)6-4-12/h3-6,9-10,14H,2,7-8,11,17H2,1H3. The van der Waals surface area contributed by atoms with Crippen LogP contribution in [0.1, 0.15) is 25.3 Å². The highest BCUT2D eigenvalue weighted by molar-refractivity contribution is 5.42. The molecular formula is C16H20N4O. The first-order chi connectivity index (χ1) is 10.3. The Bertz CT molecular complexity index is 595. The second-order valence-electron chi connectivity index (χ2n) is 5.23. The van der Waals surface area contributed by atoms with Gasteiger partial charge in [-0.25, -0.2) is 4.98 Å². The van der Waals surface area contributed by atoms with Gasteiger partial charge in [-0.2, -0.15) is 4.98 Å². The molecule has 0 spiro atoms. The molecule has 1 aliphatic rings. The summed E-state index contributed by atoms with van der Waals surface area (Å²) in [5, 5.41) is 0.